The van der Waals surface area contributed by atoms with Gasteiger partial charge in [-0.05, 0) is 41.8 Å². The van der Waals surface area contributed by atoms with Crippen molar-refractivity contribution in [3.8, 4) is 0 Å². The molecule has 1 atom stereocenters. The van der Waals surface area contributed by atoms with Gasteiger partial charge < -0.3 is 9.88 Å². The van der Waals surface area contributed by atoms with Crippen LogP contribution in [0.3, 0.4) is 0 Å². The number of hydrogen-bond acceptors (Lipinski definition) is 3. The van der Waals surface area contributed by atoms with Gasteiger partial charge in [0, 0.05) is 17.2 Å². The van der Waals surface area contributed by atoms with Crippen LogP contribution in [0.15, 0.2) is 16.7 Å². The number of nitrogens with zero attached hydrogens (tertiary/aromatic N) is 1. The number of nitrogens with one attached hydrogen (secondary N) is 1. The highest BCUT2D eigenvalue weighted by Crippen LogP contribution is 2.24. The number of aromatic nitrogens is 1. The van der Waals surface area contributed by atoms with Gasteiger partial charge in [0.2, 0.25) is 0 Å². The van der Waals surface area contributed by atoms with E-state index in [-0.39, 0.29) is 17.4 Å². The lowest BCUT2D eigenvalue weighted by Crippen LogP contribution is -2.47. The Balaban J connectivity index is 2.17. The maximum atomic E-state index is 12.4. The molecule has 2 heterocycles. The molecule has 1 aliphatic heterocycles. The van der Waals surface area contributed by atoms with Crippen LogP contribution < -0.4 is 5.32 Å². The van der Waals surface area contributed by atoms with Crippen molar-refractivity contribution in [2.24, 2.45) is 0 Å². The predicted molar refractivity (Wildman–Crippen MR) is 81.6 cm³/mol. The van der Waals surface area contributed by atoms with Crippen LogP contribution >= 0.6 is 15.9 Å². The summed E-state index contributed by atoms with van der Waals surface area (Å²) in [7, 11) is -3.03. The first-order chi connectivity index (χ1) is 9.25. The Bertz CT molecular complexity index is 624. The van der Waals surface area contributed by atoms with Gasteiger partial charge in [0.1, 0.15) is 5.69 Å². The number of hydrogen-bond donors (Lipinski definition) is 1. The molecule has 1 aromatic rings. The Morgan fingerprint density at radius 1 is 1.55 bits per heavy atom. The molecule has 0 saturated carbocycles. The fourth-order valence-corrected chi connectivity index (χ4v) is 5.10. The van der Waals surface area contributed by atoms with Crippen molar-refractivity contribution in [2.75, 3.05) is 11.5 Å². The molecule has 0 radical (unpaired) electrons. The van der Waals surface area contributed by atoms with Crippen molar-refractivity contribution in [3.63, 3.8) is 0 Å². The second kappa shape index (κ2) is 5.52. The van der Waals surface area contributed by atoms with E-state index in [1.54, 1.807) is 13.0 Å². The lowest BCUT2D eigenvalue weighted by molar-refractivity contribution is 0.0905. The summed E-state index contributed by atoms with van der Waals surface area (Å²) in [6.45, 7) is 4.58. The number of carbonyl (C=O) groups is 1. The molecule has 5 nitrogen and oxygen atoms in total. The highest BCUT2D eigenvalue weighted by atomic mass is 79.9. The molecule has 7 heteroatoms. The molecule has 1 aliphatic rings. The van der Waals surface area contributed by atoms with Crippen LogP contribution in [0.4, 0.5) is 0 Å². The summed E-state index contributed by atoms with van der Waals surface area (Å²) < 4.78 is 25.9. The minimum Gasteiger partial charge on any atom is -0.345 e. The quantitative estimate of drug-likeness (QED) is 0.889. The van der Waals surface area contributed by atoms with Crippen LogP contribution in [0, 0.1) is 0 Å². The molecular formula is C13H19BrN2O3S. The smallest absolute Gasteiger partial charge is 0.268 e. The summed E-state index contributed by atoms with van der Waals surface area (Å²) in [6.07, 6.45) is 3.26. The Kier molecular flexibility index (Phi) is 4.30. The first-order valence-corrected chi connectivity index (χ1v) is 9.25. The number of aryl methyl sites for hydroxylation is 1. The third-order valence-corrected chi connectivity index (χ3v) is 5.82. The first-order valence-electron chi connectivity index (χ1n) is 6.63. The summed E-state index contributed by atoms with van der Waals surface area (Å²) in [5.74, 6) is -0.0612. The van der Waals surface area contributed by atoms with E-state index >= 15 is 0 Å². The van der Waals surface area contributed by atoms with Crippen molar-refractivity contribution in [1.82, 2.24) is 9.88 Å². The Labute approximate surface area is 127 Å². The number of sulfone groups is 1. The molecule has 0 aromatic carbocycles. The SMILES string of the molecule is CCCn1cc(Br)cc1C(=O)NC1(C)CCS(=O)(=O)C1. The number of rotatable bonds is 4. The molecule has 1 unspecified atom stereocenters. The standard InChI is InChI=1S/C13H19BrN2O3S/c1-3-5-16-8-10(14)7-11(16)12(17)15-13(2)4-6-20(18,19)9-13/h7-8H,3-6,9H2,1-2H3,(H,15,17). The first kappa shape index (κ1) is 15.6. The molecule has 1 N–H and O–H groups in total. The van der Waals surface area contributed by atoms with Gasteiger partial charge in [-0.1, -0.05) is 6.92 Å². The molecule has 0 spiro atoms. The van der Waals surface area contributed by atoms with Crippen molar-refractivity contribution in [2.45, 2.75) is 38.8 Å². The van der Waals surface area contributed by atoms with Gasteiger partial charge in [-0.3, -0.25) is 4.79 Å². The van der Waals surface area contributed by atoms with Crippen molar-refractivity contribution < 1.29 is 13.2 Å². The molecule has 0 aliphatic carbocycles. The second-order valence-electron chi connectivity index (χ2n) is 5.59. The molecular weight excluding hydrogens is 344 g/mol. The lowest BCUT2D eigenvalue weighted by atomic mass is 10.0. The van der Waals surface area contributed by atoms with Gasteiger partial charge in [0.05, 0.1) is 17.0 Å². The highest BCUT2D eigenvalue weighted by molar-refractivity contribution is 9.10. The van der Waals surface area contributed by atoms with Crippen LogP contribution in [0.5, 0.6) is 0 Å². The van der Waals surface area contributed by atoms with Crippen LogP contribution in [-0.2, 0) is 16.4 Å². The number of amides is 1. The number of halogens is 1. The fraction of sp³-hybridized carbons (Fsp3) is 0.615. The van der Waals surface area contributed by atoms with Gasteiger partial charge in [-0.15, -0.1) is 0 Å². The Morgan fingerprint density at radius 2 is 2.25 bits per heavy atom. The van der Waals surface area contributed by atoms with Gasteiger partial charge in [0.25, 0.3) is 5.91 Å². The third kappa shape index (κ3) is 3.44. The average molecular weight is 363 g/mol. The number of carbonyl (C=O) groups excluding carboxylic acids is 1. The molecule has 2 rings (SSSR count). The Hall–Kier alpha value is -0.820. The topological polar surface area (TPSA) is 68.2 Å². The van der Waals surface area contributed by atoms with Gasteiger partial charge >= 0.3 is 0 Å². The zero-order valence-electron chi connectivity index (χ0n) is 11.6. The minimum atomic E-state index is -3.03. The lowest BCUT2D eigenvalue weighted by Gasteiger charge is -2.24. The highest BCUT2D eigenvalue weighted by Gasteiger charge is 2.39. The van der Waals surface area contributed by atoms with Crippen molar-refractivity contribution in [1.29, 1.82) is 0 Å². The van der Waals surface area contributed by atoms with E-state index in [4.69, 9.17) is 0 Å². The summed E-state index contributed by atoms with van der Waals surface area (Å²) >= 11 is 3.37. The maximum absolute atomic E-state index is 12.4. The molecule has 20 heavy (non-hydrogen) atoms. The predicted octanol–water partition coefficient (Wildman–Crippen LogP) is 1.97. The summed E-state index contributed by atoms with van der Waals surface area (Å²) in [6, 6.07) is 1.76. The van der Waals surface area contributed by atoms with E-state index < -0.39 is 15.4 Å². The summed E-state index contributed by atoms with van der Waals surface area (Å²) in [5, 5.41) is 2.88. The molecule has 112 valence electrons. The van der Waals surface area contributed by atoms with Crippen LogP contribution in [0.25, 0.3) is 0 Å². The molecule has 0 bridgehead atoms. The molecule has 1 amide bonds. The van der Waals surface area contributed by atoms with Crippen LogP contribution in [0.2, 0.25) is 0 Å². The van der Waals surface area contributed by atoms with E-state index in [2.05, 4.69) is 21.2 Å². The normalized spacial score (nSPS) is 24.8. The summed E-state index contributed by atoms with van der Waals surface area (Å²) in [4.78, 5) is 12.4. The van der Waals surface area contributed by atoms with Crippen molar-refractivity contribution >= 4 is 31.7 Å². The molecule has 1 aromatic heterocycles. The van der Waals surface area contributed by atoms with Crippen LogP contribution in [-0.4, -0.2) is 35.9 Å². The van der Waals surface area contributed by atoms with E-state index in [0.717, 1.165) is 17.4 Å². The van der Waals surface area contributed by atoms with Crippen LogP contribution in [0.1, 0.15) is 37.2 Å². The molecule has 1 saturated heterocycles. The third-order valence-electron chi connectivity index (χ3n) is 3.48. The zero-order chi connectivity index (χ0) is 15.0. The van der Waals surface area contributed by atoms with Gasteiger partial charge in [-0.25, -0.2) is 8.42 Å². The fourth-order valence-electron chi connectivity index (χ4n) is 2.54. The monoisotopic (exact) mass is 362 g/mol. The van der Waals surface area contributed by atoms with E-state index in [0.29, 0.717) is 12.1 Å². The van der Waals surface area contributed by atoms with Gasteiger partial charge in [-0.2, -0.15) is 0 Å². The van der Waals surface area contributed by atoms with E-state index in [1.165, 1.54) is 0 Å². The second-order valence-corrected chi connectivity index (χ2v) is 8.69. The zero-order valence-corrected chi connectivity index (χ0v) is 14.1. The largest absolute Gasteiger partial charge is 0.345 e. The van der Waals surface area contributed by atoms with E-state index in [9.17, 15) is 13.2 Å². The van der Waals surface area contributed by atoms with E-state index in [1.807, 2.05) is 17.7 Å². The van der Waals surface area contributed by atoms with Gasteiger partial charge in [0.15, 0.2) is 9.84 Å². The summed E-state index contributed by atoms with van der Waals surface area (Å²) in [5.41, 5.74) is -0.103. The Morgan fingerprint density at radius 3 is 2.80 bits per heavy atom. The average Bonchev–Trinajstić information content (AvgIpc) is 2.80. The van der Waals surface area contributed by atoms with Crippen molar-refractivity contribution in [3.05, 3.63) is 22.4 Å². The molecule has 1 fully saturated rings. The minimum absolute atomic E-state index is 0.0153. The maximum Gasteiger partial charge on any atom is 0.268 e.